The first-order chi connectivity index (χ1) is 25.3. The standard InChI is InChI=1S/C43H41N3O5S/c1-52(48,49)46(31-33-14-7-3-8-15-33)35-17-11-16-34(26-35)43(47)29-44-24-25-50-37-20-22-39-40-23-21-38(51-36-18-9-4-10-19-36)28-42(40)45(41(39)27-37)30-32-12-5-2-6-13-32/h2-23,26-28,43-44,47H,24-25,29-31H2,1H3/t43-/m0/s1. The number of ether oxygens (including phenoxy) is 2. The van der Waals surface area contributed by atoms with Gasteiger partial charge in [0.2, 0.25) is 10.0 Å². The Kier molecular flexibility index (Phi) is 10.5. The minimum absolute atomic E-state index is 0.206. The highest BCUT2D eigenvalue weighted by Crippen LogP contribution is 2.35. The third-order valence-electron chi connectivity index (χ3n) is 8.97. The predicted octanol–water partition coefficient (Wildman–Crippen LogP) is 8.30. The number of aromatic nitrogens is 1. The first-order valence-electron chi connectivity index (χ1n) is 17.3. The predicted molar refractivity (Wildman–Crippen MR) is 209 cm³/mol. The van der Waals surface area contributed by atoms with Crippen LogP contribution in [0.4, 0.5) is 5.69 Å². The highest BCUT2D eigenvalue weighted by atomic mass is 32.2. The molecule has 0 aliphatic carbocycles. The second-order valence-electron chi connectivity index (χ2n) is 12.8. The molecule has 8 nitrogen and oxygen atoms in total. The van der Waals surface area contributed by atoms with Crippen LogP contribution in [0.15, 0.2) is 152 Å². The highest BCUT2D eigenvalue weighted by molar-refractivity contribution is 7.92. The van der Waals surface area contributed by atoms with Gasteiger partial charge in [0.25, 0.3) is 0 Å². The number of benzene rings is 6. The summed E-state index contributed by atoms with van der Waals surface area (Å²) >= 11 is 0. The summed E-state index contributed by atoms with van der Waals surface area (Å²) in [6, 6.07) is 49.1. The van der Waals surface area contributed by atoms with Crippen molar-refractivity contribution < 1.29 is 23.0 Å². The van der Waals surface area contributed by atoms with Gasteiger partial charge >= 0.3 is 0 Å². The minimum Gasteiger partial charge on any atom is -0.492 e. The Labute approximate surface area is 304 Å². The number of para-hydroxylation sites is 1. The Bertz CT molecular complexity index is 2370. The van der Waals surface area contributed by atoms with Crippen molar-refractivity contribution in [2.75, 3.05) is 30.3 Å². The number of nitrogens with zero attached hydrogens (tertiary/aromatic N) is 2. The Morgan fingerprint density at radius 3 is 1.98 bits per heavy atom. The van der Waals surface area contributed by atoms with Crippen molar-refractivity contribution in [3.8, 4) is 17.2 Å². The smallest absolute Gasteiger partial charge is 0.232 e. The first kappa shape index (κ1) is 34.8. The second-order valence-corrected chi connectivity index (χ2v) is 14.7. The molecule has 7 rings (SSSR count). The zero-order valence-corrected chi connectivity index (χ0v) is 29.7. The van der Waals surface area contributed by atoms with E-state index < -0.39 is 16.1 Å². The molecule has 0 amide bonds. The number of nitrogens with one attached hydrogen (secondary N) is 1. The van der Waals surface area contributed by atoms with Gasteiger partial charge in [-0.15, -0.1) is 0 Å². The van der Waals surface area contributed by atoms with E-state index in [4.69, 9.17) is 9.47 Å². The Morgan fingerprint density at radius 2 is 1.31 bits per heavy atom. The quantitative estimate of drug-likeness (QED) is 0.104. The number of aliphatic hydroxyl groups is 1. The Morgan fingerprint density at radius 1 is 0.692 bits per heavy atom. The Balaban J connectivity index is 1.02. The molecule has 0 aliphatic rings. The molecule has 0 aliphatic heterocycles. The maximum Gasteiger partial charge on any atom is 0.232 e. The van der Waals surface area contributed by atoms with Crippen molar-refractivity contribution in [1.82, 2.24) is 9.88 Å². The molecule has 0 saturated heterocycles. The van der Waals surface area contributed by atoms with Gasteiger partial charge in [0, 0.05) is 42.5 Å². The van der Waals surface area contributed by atoms with Crippen molar-refractivity contribution in [2.45, 2.75) is 19.2 Å². The van der Waals surface area contributed by atoms with Crippen LogP contribution in [0, 0.1) is 0 Å². The molecule has 9 heteroatoms. The lowest BCUT2D eigenvalue weighted by Crippen LogP contribution is -2.29. The summed E-state index contributed by atoms with van der Waals surface area (Å²) in [5, 5.41) is 16.5. The molecule has 1 aromatic heterocycles. The van der Waals surface area contributed by atoms with Crippen LogP contribution in [-0.2, 0) is 23.1 Å². The fraction of sp³-hybridized carbons (Fsp3) is 0.163. The lowest BCUT2D eigenvalue weighted by molar-refractivity contribution is 0.172. The number of rotatable bonds is 15. The monoisotopic (exact) mass is 711 g/mol. The zero-order chi connectivity index (χ0) is 35.9. The highest BCUT2D eigenvalue weighted by Gasteiger charge is 2.20. The summed E-state index contributed by atoms with van der Waals surface area (Å²) in [5.74, 6) is 2.31. The molecule has 6 aromatic carbocycles. The van der Waals surface area contributed by atoms with Crippen LogP contribution >= 0.6 is 0 Å². The van der Waals surface area contributed by atoms with E-state index in [9.17, 15) is 13.5 Å². The van der Waals surface area contributed by atoms with E-state index >= 15 is 0 Å². The van der Waals surface area contributed by atoms with Crippen molar-refractivity contribution >= 4 is 37.5 Å². The molecule has 0 fully saturated rings. The summed E-state index contributed by atoms with van der Waals surface area (Å²) < 4.78 is 41.5. The topological polar surface area (TPSA) is 93.0 Å². The van der Waals surface area contributed by atoms with Gasteiger partial charge in [0.15, 0.2) is 0 Å². The molecule has 7 aromatic rings. The zero-order valence-electron chi connectivity index (χ0n) is 28.9. The van der Waals surface area contributed by atoms with E-state index in [1.807, 2.05) is 78.9 Å². The number of hydrogen-bond acceptors (Lipinski definition) is 6. The van der Waals surface area contributed by atoms with Gasteiger partial charge < -0.3 is 24.5 Å². The summed E-state index contributed by atoms with van der Waals surface area (Å²) in [6.07, 6.45) is 0.359. The number of sulfonamides is 1. The van der Waals surface area contributed by atoms with E-state index in [1.165, 1.54) is 16.1 Å². The average molecular weight is 712 g/mol. The minimum atomic E-state index is -3.55. The fourth-order valence-corrected chi connectivity index (χ4v) is 7.28. The molecule has 0 saturated carbocycles. The van der Waals surface area contributed by atoms with Crippen LogP contribution in [-0.4, -0.2) is 44.0 Å². The van der Waals surface area contributed by atoms with Crippen LogP contribution in [0.2, 0.25) is 0 Å². The van der Waals surface area contributed by atoms with Gasteiger partial charge in [0.1, 0.15) is 23.9 Å². The van der Waals surface area contributed by atoms with Crippen LogP contribution in [0.3, 0.4) is 0 Å². The van der Waals surface area contributed by atoms with Gasteiger partial charge in [-0.1, -0.05) is 91.0 Å². The SMILES string of the molecule is CS(=O)(=O)N(Cc1ccccc1)c1cccc([C@@H](O)CNCCOc2ccc3c4ccc(Oc5ccccc5)cc4n(Cc4ccccc4)c3c2)c1. The molecule has 52 heavy (non-hydrogen) atoms. The van der Waals surface area contributed by atoms with Gasteiger partial charge in [-0.3, -0.25) is 4.31 Å². The van der Waals surface area contributed by atoms with E-state index in [0.717, 1.165) is 44.6 Å². The van der Waals surface area contributed by atoms with Crippen LogP contribution in [0.5, 0.6) is 17.2 Å². The third-order valence-corrected chi connectivity index (χ3v) is 10.1. The number of hydrogen-bond donors (Lipinski definition) is 2. The molecule has 0 bridgehead atoms. The normalized spacial score (nSPS) is 12.2. The molecular formula is C43H41N3O5S. The molecular weight excluding hydrogens is 671 g/mol. The van der Waals surface area contributed by atoms with E-state index in [2.05, 4.69) is 58.4 Å². The molecule has 0 radical (unpaired) electrons. The Hall–Kier alpha value is -5.61. The molecule has 2 N–H and O–H groups in total. The van der Waals surface area contributed by atoms with Gasteiger partial charge in [-0.2, -0.15) is 0 Å². The average Bonchev–Trinajstić information content (AvgIpc) is 3.46. The first-order valence-corrected chi connectivity index (χ1v) is 19.1. The van der Waals surface area contributed by atoms with Crippen molar-refractivity contribution in [3.05, 3.63) is 168 Å². The van der Waals surface area contributed by atoms with Crippen molar-refractivity contribution in [3.63, 3.8) is 0 Å². The summed E-state index contributed by atoms with van der Waals surface area (Å²) in [5.41, 5.74) is 5.33. The van der Waals surface area contributed by atoms with E-state index in [0.29, 0.717) is 30.9 Å². The van der Waals surface area contributed by atoms with Crippen molar-refractivity contribution in [2.24, 2.45) is 0 Å². The van der Waals surface area contributed by atoms with Crippen LogP contribution < -0.4 is 19.1 Å². The van der Waals surface area contributed by atoms with E-state index in [1.54, 1.807) is 24.3 Å². The summed E-state index contributed by atoms with van der Waals surface area (Å²) in [6.45, 7) is 2.07. The molecule has 1 heterocycles. The molecule has 0 unspecified atom stereocenters. The van der Waals surface area contributed by atoms with Crippen LogP contribution in [0.1, 0.15) is 22.8 Å². The number of anilines is 1. The van der Waals surface area contributed by atoms with Crippen molar-refractivity contribution in [1.29, 1.82) is 0 Å². The lowest BCUT2D eigenvalue weighted by atomic mass is 10.1. The molecule has 0 spiro atoms. The lowest BCUT2D eigenvalue weighted by Gasteiger charge is -2.24. The van der Waals surface area contributed by atoms with Gasteiger partial charge in [0.05, 0.1) is 35.6 Å². The largest absolute Gasteiger partial charge is 0.492 e. The number of fused-ring (bicyclic) bond motifs is 3. The van der Waals surface area contributed by atoms with Gasteiger partial charge in [-0.25, -0.2) is 8.42 Å². The third kappa shape index (κ3) is 8.29. The van der Waals surface area contributed by atoms with Crippen LogP contribution in [0.25, 0.3) is 21.8 Å². The fourth-order valence-electron chi connectivity index (χ4n) is 6.40. The maximum absolute atomic E-state index is 12.7. The maximum atomic E-state index is 12.7. The molecule has 1 atom stereocenters. The number of aliphatic hydroxyl groups excluding tert-OH is 1. The van der Waals surface area contributed by atoms with E-state index in [-0.39, 0.29) is 13.1 Å². The summed E-state index contributed by atoms with van der Waals surface area (Å²) in [4.78, 5) is 0. The second kappa shape index (κ2) is 15.7. The summed E-state index contributed by atoms with van der Waals surface area (Å²) in [7, 11) is -3.55. The molecule has 264 valence electrons. The van der Waals surface area contributed by atoms with Gasteiger partial charge in [-0.05, 0) is 65.2 Å².